The van der Waals surface area contributed by atoms with E-state index in [2.05, 4.69) is 24.4 Å². The van der Waals surface area contributed by atoms with E-state index in [0.717, 1.165) is 0 Å². The lowest BCUT2D eigenvalue weighted by Crippen LogP contribution is -2.37. The smallest absolute Gasteiger partial charge is 0.359 e. The van der Waals surface area contributed by atoms with Crippen LogP contribution in [0.3, 0.4) is 0 Å². The number of aryl methyl sites for hydroxylation is 1. The van der Waals surface area contributed by atoms with Crippen LogP contribution in [0.1, 0.15) is 22.6 Å². The Balaban J connectivity index is 1.48. The second-order valence-electron chi connectivity index (χ2n) is 9.73. The maximum atomic E-state index is 12.6. The molecule has 0 spiro atoms. The SMILES string of the molecule is CN(Cc1nc2c(N3CCOCC3)nc(-c3ccc(S(=O)(=O)NCCCCl)cc3)nc2n1C)c1ncc(C(=O)ON)cn1. The van der Waals surface area contributed by atoms with Crippen LogP contribution in [0, 0.1) is 0 Å². The van der Waals surface area contributed by atoms with E-state index in [1.165, 1.54) is 24.5 Å². The summed E-state index contributed by atoms with van der Waals surface area (Å²) in [6.45, 7) is 2.96. The number of hydrogen-bond donors (Lipinski definition) is 2. The molecule has 0 unspecified atom stereocenters. The number of fused-ring (bicyclic) bond motifs is 1. The van der Waals surface area contributed by atoms with Gasteiger partial charge in [-0.05, 0) is 30.7 Å². The highest BCUT2D eigenvalue weighted by Crippen LogP contribution is 2.29. The fourth-order valence-electron chi connectivity index (χ4n) is 4.47. The quantitative estimate of drug-likeness (QED) is 0.137. The Labute approximate surface area is 253 Å². The number of hydrogen-bond acceptors (Lipinski definition) is 13. The molecule has 1 aliphatic rings. The van der Waals surface area contributed by atoms with E-state index in [9.17, 15) is 13.2 Å². The van der Waals surface area contributed by atoms with Crippen molar-refractivity contribution >= 4 is 50.5 Å². The zero-order valence-electron chi connectivity index (χ0n) is 23.6. The molecule has 43 heavy (non-hydrogen) atoms. The summed E-state index contributed by atoms with van der Waals surface area (Å²) in [5.74, 6) is 6.71. The average molecular weight is 631 g/mol. The monoisotopic (exact) mass is 630 g/mol. The third-order valence-corrected chi connectivity index (χ3v) is 8.57. The van der Waals surface area contributed by atoms with E-state index in [4.69, 9.17) is 37.2 Å². The van der Waals surface area contributed by atoms with Crippen LogP contribution in [0.4, 0.5) is 11.8 Å². The number of imidazole rings is 1. The molecule has 1 fully saturated rings. The number of ether oxygens (including phenoxy) is 1. The van der Waals surface area contributed by atoms with E-state index in [0.29, 0.717) is 85.3 Å². The van der Waals surface area contributed by atoms with Gasteiger partial charge in [-0.15, -0.1) is 11.6 Å². The van der Waals surface area contributed by atoms with Crippen LogP contribution in [-0.2, 0) is 33.2 Å². The van der Waals surface area contributed by atoms with Gasteiger partial charge in [0.2, 0.25) is 16.0 Å². The highest BCUT2D eigenvalue weighted by atomic mass is 35.5. The van der Waals surface area contributed by atoms with Crippen molar-refractivity contribution < 1.29 is 22.8 Å². The van der Waals surface area contributed by atoms with Gasteiger partial charge in [0, 0.05) is 57.6 Å². The molecule has 0 bridgehead atoms. The summed E-state index contributed by atoms with van der Waals surface area (Å²) in [6, 6.07) is 6.44. The summed E-state index contributed by atoms with van der Waals surface area (Å²) >= 11 is 5.67. The highest BCUT2D eigenvalue weighted by molar-refractivity contribution is 7.89. The molecule has 0 radical (unpaired) electrons. The highest BCUT2D eigenvalue weighted by Gasteiger charge is 2.24. The number of nitrogens with one attached hydrogen (secondary N) is 1. The predicted molar refractivity (Wildman–Crippen MR) is 159 cm³/mol. The molecule has 0 saturated carbocycles. The summed E-state index contributed by atoms with van der Waals surface area (Å²) in [5.41, 5.74) is 2.02. The van der Waals surface area contributed by atoms with Crippen LogP contribution >= 0.6 is 11.6 Å². The van der Waals surface area contributed by atoms with E-state index in [1.807, 2.05) is 11.6 Å². The van der Waals surface area contributed by atoms with E-state index < -0.39 is 16.0 Å². The molecule has 1 aromatic carbocycles. The maximum Gasteiger partial charge on any atom is 0.359 e. The number of nitrogens with zero attached hydrogens (tertiary/aromatic N) is 8. The number of alkyl halides is 1. The molecule has 0 aliphatic carbocycles. The average Bonchev–Trinajstić information content (AvgIpc) is 3.35. The van der Waals surface area contributed by atoms with Gasteiger partial charge in [0.15, 0.2) is 22.8 Å². The number of benzene rings is 1. The van der Waals surface area contributed by atoms with Crippen molar-refractivity contribution in [2.24, 2.45) is 12.9 Å². The molecule has 4 aromatic rings. The first-order valence-corrected chi connectivity index (χ1v) is 15.4. The number of rotatable bonds is 11. The third-order valence-electron chi connectivity index (χ3n) is 6.83. The number of morpholine rings is 1. The molecular formula is C26H31ClN10O5S. The van der Waals surface area contributed by atoms with Gasteiger partial charge in [-0.1, -0.05) is 0 Å². The molecule has 1 saturated heterocycles. The summed E-state index contributed by atoms with van der Waals surface area (Å²) in [4.78, 5) is 43.0. The van der Waals surface area contributed by atoms with Crippen molar-refractivity contribution in [2.75, 3.05) is 55.6 Å². The molecular weight excluding hydrogens is 600 g/mol. The van der Waals surface area contributed by atoms with Crippen molar-refractivity contribution in [3.63, 3.8) is 0 Å². The van der Waals surface area contributed by atoms with Crippen molar-refractivity contribution in [1.29, 1.82) is 0 Å². The molecule has 4 heterocycles. The number of halogens is 1. The minimum Gasteiger partial charge on any atom is -0.378 e. The van der Waals surface area contributed by atoms with Crippen LogP contribution in [0.2, 0.25) is 0 Å². The third kappa shape index (κ3) is 6.67. The summed E-state index contributed by atoms with van der Waals surface area (Å²) in [7, 11) is -0.00224. The van der Waals surface area contributed by atoms with Gasteiger partial charge >= 0.3 is 5.97 Å². The van der Waals surface area contributed by atoms with Crippen molar-refractivity contribution in [1.82, 2.24) is 34.2 Å². The van der Waals surface area contributed by atoms with E-state index in [1.54, 1.807) is 24.1 Å². The van der Waals surface area contributed by atoms with Crippen LogP contribution in [0.15, 0.2) is 41.6 Å². The summed E-state index contributed by atoms with van der Waals surface area (Å²) in [6.07, 6.45) is 3.21. The van der Waals surface area contributed by atoms with Crippen LogP contribution in [0.25, 0.3) is 22.6 Å². The minimum atomic E-state index is -3.67. The number of nitrogens with two attached hydrogens (primary N) is 1. The Morgan fingerprint density at radius 3 is 2.49 bits per heavy atom. The lowest BCUT2D eigenvalue weighted by atomic mass is 10.2. The van der Waals surface area contributed by atoms with Crippen LogP contribution in [-0.4, -0.2) is 89.6 Å². The Bertz CT molecular complexity index is 1690. The van der Waals surface area contributed by atoms with Gasteiger partial charge in [0.1, 0.15) is 5.82 Å². The molecule has 3 aromatic heterocycles. The van der Waals surface area contributed by atoms with Crippen molar-refractivity contribution in [3.8, 4) is 11.4 Å². The van der Waals surface area contributed by atoms with Crippen LogP contribution < -0.4 is 20.4 Å². The first kappa shape index (κ1) is 30.5. The number of aromatic nitrogens is 6. The maximum absolute atomic E-state index is 12.6. The van der Waals surface area contributed by atoms with Gasteiger partial charge in [-0.3, -0.25) is 0 Å². The first-order chi connectivity index (χ1) is 20.7. The van der Waals surface area contributed by atoms with E-state index in [-0.39, 0.29) is 17.0 Å². The number of sulfonamides is 1. The van der Waals surface area contributed by atoms with Crippen molar-refractivity contribution in [3.05, 3.63) is 48.0 Å². The van der Waals surface area contributed by atoms with Crippen LogP contribution in [0.5, 0.6) is 0 Å². The van der Waals surface area contributed by atoms with Crippen molar-refractivity contribution in [2.45, 2.75) is 17.9 Å². The molecule has 17 heteroatoms. The molecule has 3 N–H and O–H groups in total. The van der Waals surface area contributed by atoms with E-state index >= 15 is 0 Å². The Morgan fingerprint density at radius 1 is 1.14 bits per heavy atom. The molecule has 0 atom stereocenters. The fraction of sp³-hybridized carbons (Fsp3) is 0.385. The fourth-order valence-corrected chi connectivity index (χ4v) is 5.68. The largest absolute Gasteiger partial charge is 0.378 e. The molecule has 5 rings (SSSR count). The normalized spacial score (nSPS) is 13.8. The van der Waals surface area contributed by atoms with Gasteiger partial charge in [-0.2, -0.15) is 5.90 Å². The minimum absolute atomic E-state index is 0.133. The number of carbonyl (C=O) groups excluding carboxylic acids is 1. The molecule has 228 valence electrons. The molecule has 0 amide bonds. The van der Waals surface area contributed by atoms with Gasteiger partial charge < -0.3 is 23.9 Å². The Morgan fingerprint density at radius 2 is 1.84 bits per heavy atom. The zero-order valence-corrected chi connectivity index (χ0v) is 25.2. The lowest BCUT2D eigenvalue weighted by molar-refractivity contribution is 0.0502. The standard InChI is InChI=1S/C26H31ClN10O5S/c1-35(26-29-14-18(15-30-26)25(38)42-28)16-20-32-21-23(36(20)2)33-22(34-24(21)37-10-12-41-13-11-37)17-4-6-19(7-5-17)43(39,40)31-9-3-8-27/h4-7,14-15,31H,3,8-13,16,28H2,1-2H3. The summed E-state index contributed by atoms with van der Waals surface area (Å²) < 4.78 is 35.2. The first-order valence-electron chi connectivity index (χ1n) is 13.4. The topological polar surface area (TPSA) is 184 Å². The second kappa shape index (κ2) is 13.1. The number of anilines is 2. The van der Waals surface area contributed by atoms with Gasteiger partial charge in [0.25, 0.3) is 0 Å². The summed E-state index contributed by atoms with van der Waals surface area (Å²) in [5, 5.41) is 0. The Kier molecular flexibility index (Phi) is 9.31. The zero-order chi connectivity index (χ0) is 30.6. The Hall–Kier alpha value is -3.96. The lowest BCUT2D eigenvalue weighted by Gasteiger charge is -2.28. The van der Waals surface area contributed by atoms with Gasteiger partial charge in [-0.25, -0.2) is 42.9 Å². The molecule has 1 aliphatic heterocycles. The van der Waals surface area contributed by atoms with Gasteiger partial charge in [0.05, 0.1) is 30.2 Å². The number of carbonyl (C=O) groups is 1. The predicted octanol–water partition coefficient (Wildman–Crippen LogP) is 1.23. The second-order valence-corrected chi connectivity index (χ2v) is 11.9. The molecule has 15 nitrogen and oxygen atoms in total.